The minimum absolute atomic E-state index is 0.302. The van der Waals surface area contributed by atoms with Gasteiger partial charge < -0.3 is 10.1 Å². The van der Waals surface area contributed by atoms with Gasteiger partial charge in [-0.1, -0.05) is 13.8 Å². The van der Waals surface area contributed by atoms with Crippen LogP contribution < -0.4 is 5.32 Å². The summed E-state index contributed by atoms with van der Waals surface area (Å²) in [6.07, 6.45) is 3.02. The van der Waals surface area contributed by atoms with Gasteiger partial charge in [-0.15, -0.1) is 0 Å². The predicted molar refractivity (Wildman–Crippen MR) is 65.5 cm³/mol. The lowest BCUT2D eigenvalue weighted by Gasteiger charge is -2.16. The van der Waals surface area contributed by atoms with Gasteiger partial charge in [-0.2, -0.15) is 5.10 Å². The zero-order valence-electron chi connectivity index (χ0n) is 10.9. The molecule has 2 rings (SSSR count). The van der Waals surface area contributed by atoms with Crippen molar-refractivity contribution in [2.45, 2.75) is 52.4 Å². The van der Waals surface area contributed by atoms with Crippen LogP contribution in [0, 0.1) is 5.92 Å². The Balaban J connectivity index is 1.88. The SMILES string of the molecule is CC(C)Cn1ncnc1CNC1CCOC1C. The van der Waals surface area contributed by atoms with Crippen molar-refractivity contribution in [3.8, 4) is 0 Å². The van der Waals surface area contributed by atoms with E-state index in [1.807, 2.05) is 4.68 Å². The lowest BCUT2D eigenvalue weighted by Crippen LogP contribution is -2.35. The van der Waals surface area contributed by atoms with E-state index in [0.717, 1.165) is 31.9 Å². The summed E-state index contributed by atoms with van der Waals surface area (Å²) in [4.78, 5) is 4.30. The summed E-state index contributed by atoms with van der Waals surface area (Å²) in [7, 11) is 0. The Hall–Kier alpha value is -0.940. The summed E-state index contributed by atoms with van der Waals surface area (Å²) in [6.45, 7) is 9.04. The summed E-state index contributed by atoms with van der Waals surface area (Å²) in [5, 5.41) is 7.75. The summed E-state index contributed by atoms with van der Waals surface area (Å²) in [6, 6.07) is 0.444. The van der Waals surface area contributed by atoms with Gasteiger partial charge in [0, 0.05) is 19.2 Å². The highest BCUT2D eigenvalue weighted by Gasteiger charge is 2.23. The van der Waals surface area contributed by atoms with E-state index in [2.05, 4.69) is 36.2 Å². The first-order valence-corrected chi connectivity index (χ1v) is 6.38. The minimum Gasteiger partial charge on any atom is -0.377 e. The Labute approximate surface area is 103 Å². The normalized spacial score (nSPS) is 24.7. The summed E-state index contributed by atoms with van der Waals surface area (Å²) in [5.41, 5.74) is 0. The molecular formula is C12H22N4O. The maximum absolute atomic E-state index is 5.52. The van der Waals surface area contributed by atoms with Crippen molar-refractivity contribution in [2.24, 2.45) is 5.92 Å². The Morgan fingerprint density at radius 3 is 3.06 bits per heavy atom. The van der Waals surface area contributed by atoms with Crippen LogP contribution in [-0.2, 0) is 17.8 Å². The third-order valence-electron chi connectivity index (χ3n) is 3.13. The van der Waals surface area contributed by atoms with E-state index in [-0.39, 0.29) is 0 Å². The van der Waals surface area contributed by atoms with Crippen LogP contribution in [0.5, 0.6) is 0 Å². The molecule has 0 saturated carbocycles. The predicted octanol–water partition coefficient (Wildman–Crippen LogP) is 1.20. The number of hydrogen-bond acceptors (Lipinski definition) is 4. The molecule has 2 atom stereocenters. The molecular weight excluding hydrogens is 216 g/mol. The number of hydrogen-bond donors (Lipinski definition) is 1. The van der Waals surface area contributed by atoms with E-state index in [9.17, 15) is 0 Å². The molecule has 1 N–H and O–H groups in total. The van der Waals surface area contributed by atoms with E-state index in [4.69, 9.17) is 4.74 Å². The average molecular weight is 238 g/mol. The van der Waals surface area contributed by atoms with Gasteiger partial charge in [-0.05, 0) is 19.3 Å². The Morgan fingerprint density at radius 1 is 1.59 bits per heavy atom. The Kier molecular flexibility index (Phi) is 4.12. The molecule has 2 heterocycles. The number of rotatable bonds is 5. The molecule has 0 radical (unpaired) electrons. The van der Waals surface area contributed by atoms with Crippen LogP contribution in [0.1, 0.15) is 33.0 Å². The van der Waals surface area contributed by atoms with Crippen molar-refractivity contribution in [1.29, 1.82) is 0 Å². The molecule has 1 aliphatic rings. The van der Waals surface area contributed by atoms with Crippen LogP contribution in [0.25, 0.3) is 0 Å². The zero-order chi connectivity index (χ0) is 12.3. The van der Waals surface area contributed by atoms with Crippen molar-refractivity contribution < 1.29 is 4.74 Å². The van der Waals surface area contributed by atoms with Crippen molar-refractivity contribution in [3.05, 3.63) is 12.2 Å². The lowest BCUT2D eigenvalue weighted by atomic mass is 10.1. The van der Waals surface area contributed by atoms with Crippen LogP contribution in [0.3, 0.4) is 0 Å². The highest BCUT2D eigenvalue weighted by Crippen LogP contribution is 2.13. The van der Waals surface area contributed by atoms with Crippen molar-refractivity contribution >= 4 is 0 Å². The van der Waals surface area contributed by atoms with Crippen molar-refractivity contribution in [3.63, 3.8) is 0 Å². The van der Waals surface area contributed by atoms with Gasteiger partial charge in [0.15, 0.2) is 0 Å². The molecule has 1 aromatic heterocycles. The number of aromatic nitrogens is 3. The fourth-order valence-electron chi connectivity index (χ4n) is 2.15. The molecule has 0 spiro atoms. The first-order chi connectivity index (χ1) is 8.16. The van der Waals surface area contributed by atoms with Crippen LogP contribution in [0.4, 0.5) is 0 Å². The molecule has 1 aromatic rings. The molecule has 17 heavy (non-hydrogen) atoms. The molecule has 0 aliphatic carbocycles. The highest BCUT2D eigenvalue weighted by molar-refractivity contribution is 4.87. The second-order valence-corrected chi connectivity index (χ2v) is 5.10. The van der Waals surface area contributed by atoms with Crippen LogP contribution >= 0.6 is 0 Å². The van der Waals surface area contributed by atoms with Crippen LogP contribution in [0.2, 0.25) is 0 Å². The van der Waals surface area contributed by atoms with Gasteiger partial charge in [0.05, 0.1) is 12.6 Å². The molecule has 5 nitrogen and oxygen atoms in total. The fraction of sp³-hybridized carbons (Fsp3) is 0.833. The van der Waals surface area contributed by atoms with E-state index < -0.39 is 0 Å². The minimum atomic E-state index is 0.302. The van der Waals surface area contributed by atoms with Gasteiger partial charge in [0.25, 0.3) is 0 Å². The summed E-state index contributed by atoms with van der Waals surface area (Å²) in [5.74, 6) is 1.60. The maximum Gasteiger partial charge on any atom is 0.140 e. The Bertz CT molecular complexity index is 350. The Morgan fingerprint density at radius 2 is 2.41 bits per heavy atom. The summed E-state index contributed by atoms with van der Waals surface area (Å²) < 4.78 is 7.51. The van der Waals surface area contributed by atoms with E-state index in [0.29, 0.717) is 18.1 Å². The molecule has 0 aromatic carbocycles. The molecule has 1 aliphatic heterocycles. The smallest absolute Gasteiger partial charge is 0.140 e. The quantitative estimate of drug-likeness (QED) is 0.837. The largest absolute Gasteiger partial charge is 0.377 e. The molecule has 0 bridgehead atoms. The van der Waals surface area contributed by atoms with Gasteiger partial charge in [0.2, 0.25) is 0 Å². The van der Waals surface area contributed by atoms with Crippen LogP contribution in [0.15, 0.2) is 6.33 Å². The van der Waals surface area contributed by atoms with Gasteiger partial charge in [-0.25, -0.2) is 9.67 Å². The van der Waals surface area contributed by atoms with Gasteiger partial charge >= 0.3 is 0 Å². The molecule has 1 fully saturated rings. The van der Waals surface area contributed by atoms with Gasteiger partial charge in [0.1, 0.15) is 12.2 Å². The molecule has 2 unspecified atom stereocenters. The molecule has 96 valence electrons. The highest BCUT2D eigenvalue weighted by atomic mass is 16.5. The second-order valence-electron chi connectivity index (χ2n) is 5.10. The third kappa shape index (κ3) is 3.26. The number of nitrogens with one attached hydrogen (secondary N) is 1. The second kappa shape index (κ2) is 5.60. The van der Waals surface area contributed by atoms with E-state index in [1.165, 1.54) is 0 Å². The molecule has 0 amide bonds. The van der Waals surface area contributed by atoms with Gasteiger partial charge in [-0.3, -0.25) is 0 Å². The fourth-order valence-corrected chi connectivity index (χ4v) is 2.15. The van der Waals surface area contributed by atoms with Crippen LogP contribution in [-0.4, -0.2) is 33.5 Å². The molecule has 1 saturated heterocycles. The lowest BCUT2D eigenvalue weighted by molar-refractivity contribution is 0.112. The van der Waals surface area contributed by atoms with Crippen molar-refractivity contribution in [1.82, 2.24) is 20.1 Å². The molecule has 5 heteroatoms. The number of ether oxygens (including phenoxy) is 1. The monoisotopic (exact) mass is 238 g/mol. The topological polar surface area (TPSA) is 52.0 Å². The average Bonchev–Trinajstić information content (AvgIpc) is 2.84. The van der Waals surface area contributed by atoms with E-state index >= 15 is 0 Å². The summed E-state index contributed by atoms with van der Waals surface area (Å²) >= 11 is 0. The maximum atomic E-state index is 5.52. The third-order valence-corrected chi connectivity index (χ3v) is 3.13. The first-order valence-electron chi connectivity index (χ1n) is 6.38. The standard InChI is InChI=1S/C12H22N4O/c1-9(2)7-16-12(14-8-15-16)6-13-11-4-5-17-10(11)3/h8-11,13H,4-7H2,1-3H3. The van der Waals surface area contributed by atoms with E-state index in [1.54, 1.807) is 6.33 Å². The van der Waals surface area contributed by atoms with Crippen molar-refractivity contribution in [2.75, 3.05) is 6.61 Å². The zero-order valence-corrected chi connectivity index (χ0v) is 10.9. The number of nitrogens with zero attached hydrogens (tertiary/aromatic N) is 3. The first kappa shape index (κ1) is 12.5.